The van der Waals surface area contributed by atoms with E-state index in [0.717, 1.165) is 17.7 Å². The van der Waals surface area contributed by atoms with Crippen molar-refractivity contribution in [1.29, 1.82) is 0 Å². The smallest absolute Gasteiger partial charge is 0.266 e. The molecular formula is C28H28N2O5. The first-order valence-electron chi connectivity index (χ1n) is 12.0. The van der Waals surface area contributed by atoms with E-state index in [0.29, 0.717) is 30.4 Å². The Morgan fingerprint density at radius 1 is 0.800 bits per heavy atom. The standard InChI is InChI=1S/C28H28N2O5/c1-3-17-34-22-16-15-19(18-23(22)33-4-2)25-24-26(35-30(25)21-13-9-6-10-14-21)28(32)29(27(24)31)20-11-7-5-8-12-20/h5-16,18,24-26H,3-4,17H2,1-2H3/t24-,25+,26-/m1/s1. The average Bonchev–Trinajstić information content (AvgIpc) is 3.40. The van der Waals surface area contributed by atoms with Crippen LogP contribution in [0.1, 0.15) is 31.9 Å². The average molecular weight is 473 g/mol. The molecule has 2 heterocycles. The first-order chi connectivity index (χ1) is 17.1. The van der Waals surface area contributed by atoms with E-state index in [2.05, 4.69) is 0 Å². The van der Waals surface area contributed by atoms with Crippen molar-refractivity contribution in [3.8, 4) is 11.5 Å². The summed E-state index contributed by atoms with van der Waals surface area (Å²) in [6.45, 7) is 5.01. The minimum absolute atomic E-state index is 0.279. The highest BCUT2D eigenvalue weighted by Gasteiger charge is 2.60. The van der Waals surface area contributed by atoms with Gasteiger partial charge in [-0.05, 0) is 55.3 Å². The number of ether oxygens (including phenoxy) is 2. The van der Waals surface area contributed by atoms with Crippen molar-refractivity contribution >= 4 is 23.2 Å². The Labute approximate surface area is 204 Å². The summed E-state index contributed by atoms with van der Waals surface area (Å²) >= 11 is 0. The molecule has 0 unspecified atom stereocenters. The second kappa shape index (κ2) is 9.80. The molecule has 7 heteroatoms. The Bertz CT molecular complexity index is 1200. The van der Waals surface area contributed by atoms with E-state index in [-0.39, 0.29) is 11.8 Å². The van der Waals surface area contributed by atoms with Crippen LogP contribution < -0.4 is 19.4 Å². The monoisotopic (exact) mass is 472 g/mol. The fourth-order valence-electron chi connectivity index (χ4n) is 4.69. The van der Waals surface area contributed by atoms with Crippen molar-refractivity contribution < 1.29 is 23.9 Å². The zero-order valence-electron chi connectivity index (χ0n) is 19.8. The number of imide groups is 1. The normalized spacial score (nSPS) is 21.4. The zero-order chi connectivity index (χ0) is 24.4. The molecule has 0 saturated carbocycles. The second-order valence-corrected chi connectivity index (χ2v) is 8.49. The molecule has 3 aromatic carbocycles. The van der Waals surface area contributed by atoms with Gasteiger partial charge in [0.15, 0.2) is 17.6 Å². The molecule has 0 N–H and O–H groups in total. The van der Waals surface area contributed by atoms with Crippen LogP contribution in [0.2, 0.25) is 0 Å². The molecule has 35 heavy (non-hydrogen) atoms. The summed E-state index contributed by atoms with van der Waals surface area (Å²) in [4.78, 5) is 34.6. The largest absolute Gasteiger partial charge is 0.490 e. The summed E-state index contributed by atoms with van der Waals surface area (Å²) in [6, 6.07) is 23.7. The highest BCUT2D eigenvalue weighted by atomic mass is 16.7. The number of carbonyl (C=O) groups excluding carboxylic acids is 2. The van der Waals surface area contributed by atoms with Crippen LogP contribution in [0.15, 0.2) is 78.9 Å². The van der Waals surface area contributed by atoms with Gasteiger partial charge < -0.3 is 9.47 Å². The summed E-state index contributed by atoms with van der Waals surface area (Å²) in [7, 11) is 0. The maximum atomic E-state index is 13.7. The number of anilines is 2. The van der Waals surface area contributed by atoms with Gasteiger partial charge in [0, 0.05) is 0 Å². The summed E-state index contributed by atoms with van der Waals surface area (Å²) in [5, 5.41) is 1.69. The second-order valence-electron chi connectivity index (χ2n) is 8.49. The van der Waals surface area contributed by atoms with E-state index in [4.69, 9.17) is 14.3 Å². The predicted molar refractivity (Wildman–Crippen MR) is 132 cm³/mol. The van der Waals surface area contributed by atoms with Gasteiger partial charge >= 0.3 is 0 Å². The number of hydrogen-bond acceptors (Lipinski definition) is 6. The van der Waals surface area contributed by atoms with Gasteiger partial charge in [0.25, 0.3) is 5.91 Å². The molecule has 0 aromatic heterocycles. The number of hydrogen-bond donors (Lipinski definition) is 0. The number of amides is 2. The van der Waals surface area contributed by atoms with Gasteiger partial charge in [-0.2, -0.15) is 0 Å². The summed E-state index contributed by atoms with van der Waals surface area (Å²) in [5.74, 6) is -0.0909. The third kappa shape index (κ3) is 4.12. The van der Waals surface area contributed by atoms with Crippen LogP contribution in [0.3, 0.4) is 0 Å². The van der Waals surface area contributed by atoms with E-state index in [1.54, 1.807) is 17.2 Å². The molecule has 2 aliphatic heterocycles. The highest BCUT2D eigenvalue weighted by Crippen LogP contribution is 2.48. The lowest BCUT2D eigenvalue weighted by Crippen LogP contribution is -2.37. The van der Waals surface area contributed by atoms with Gasteiger partial charge in [-0.15, -0.1) is 0 Å². The molecule has 2 saturated heterocycles. The third-order valence-corrected chi connectivity index (χ3v) is 6.21. The fraction of sp³-hybridized carbons (Fsp3) is 0.286. The molecule has 2 fully saturated rings. The number of benzene rings is 3. The molecule has 180 valence electrons. The molecule has 3 aromatic rings. The van der Waals surface area contributed by atoms with Crippen molar-refractivity contribution in [1.82, 2.24) is 0 Å². The van der Waals surface area contributed by atoms with Gasteiger partial charge in [0.05, 0.1) is 30.6 Å². The van der Waals surface area contributed by atoms with Crippen molar-refractivity contribution in [3.05, 3.63) is 84.4 Å². The highest BCUT2D eigenvalue weighted by molar-refractivity contribution is 6.23. The molecule has 3 atom stereocenters. The van der Waals surface area contributed by atoms with Crippen molar-refractivity contribution in [2.75, 3.05) is 23.2 Å². The van der Waals surface area contributed by atoms with E-state index < -0.39 is 18.1 Å². The molecule has 7 nitrogen and oxygen atoms in total. The zero-order valence-corrected chi connectivity index (χ0v) is 19.8. The Morgan fingerprint density at radius 3 is 2.14 bits per heavy atom. The van der Waals surface area contributed by atoms with Crippen molar-refractivity contribution in [2.45, 2.75) is 32.4 Å². The van der Waals surface area contributed by atoms with Crippen LogP contribution >= 0.6 is 0 Å². The first-order valence-corrected chi connectivity index (χ1v) is 12.0. The third-order valence-electron chi connectivity index (χ3n) is 6.21. The van der Waals surface area contributed by atoms with E-state index in [9.17, 15) is 9.59 Å². The first kappa shape index (κ1) is 22.9. The van der Waals surface area contributed by atoms with Gasteiger partial charge in [0.1, 0.15) is 5.92 Å². The molecule has 5 rings (SSSR count). The molecule has 0 aliphatic carbocycles. The number of para-hydroxylation sites is 2. The van der Waals surface area contributed by atoms with Crippen molar-refractivity contribution in [3.63, 3.8) is 0 Å². The van der Waals surface area contributed by atoms with E-state index in [1.807, 2.05) is 80.6 Å². The number of fused-ring (bicyclic) bond motifs is 1. The lowest BCUT2D eigenvalue weighted by molar-refractivity contribution is -0.126. The van der Waals surface area contributed by atoms with Crippen LogP contribution in [0.4, 0.5) is 11.4 Å². The van der Waals surface area contributed by atoms with Crippen LogP contribution in [0.25, 0.3) is 0 Å². The minimum Gasteiger partial charge on any atom is -0.490 e. The molecule has 0 bridgehead atoms. The Balaban J connectivity index is 1.57. The lowest BCUT2D eigenvalue weighted by Gasteiger charge is -2.29. The predicted octanol–water partition coefficient (Wildman–Crippen LogP) is 4.93. The van der Waals surface area contributed by atoms with Gasteiger partial charge in [-0.3, -0.25) is 14.4 Å². The quantitative estimate of drug-likeness (QED) is 0.433. The Morgan fingerprint density at radius 2 is 1.49 bits per heavy atom. The SMILES string of the molecule is CCCOc1ccc([C@H]2[C@H]3C(=O)N(c4ccccc4)C(=O)[C@@H]3ON2c2ccccc2)cc1OCC. The minimum atomic E-state index is -0.917. The molecule has 2 amide bonds. The Kier molecular flexibility index (Phi) is 6.42. The van der Waals surface area contributed by atoms with E-state index >= 15 is 0 Å². The van der Waals surface area contributed by atoms with Crippen LogP contribution in [-0.2, 0) is 14.4 Å². The summed E-state index contributed by atoms with van der Waals surface area (Å²) < 4.78 is 11.7. The van der Waals surface area contributed by atoms with Gasteiger partial charge in [-0.25, -0.2) is 9.96 Å². The fourth-order valence-corrected chi connectivity index (χ4v) is 4.69. The maximum Gasteiger partial charge on any atom is 0.266 e. The van der Waals surface area contributed by atoms with Gasteiger partial charge in [-0.1, -0.05) is 49.4 Å². The van der Waals surface area contributed by atoms with Crippen molar-refractivity contribution in [2.24, 2.45) is 5.92 Å². The van der Waals surface area contributed by atoms with Crippen LogP contribution in [0.5, 0.6) is 11.5 Å². The number of hydroxylamine groups is 1. The maximum absolute atomic E-state index is 13.7. The summed E-state index contributed by atoms with van der Waals surface area (Å²) in [6.07, 6.45) is -0.0409. The number of carbonyl (C=O) groups is 2. The number of rotatable bonds is 8. The molecule has 2 aliphatic rings. The Hall–Kier alpha value is -3.84. The summed E-state index contributed by atoms with van der Waals surface area (Å²) in [5.41, 5.74) is 2.12. The van der Waals surface area contributed by atoms with Gasteiger partial charge in [0.2, 0.25) is 5.91 Å². The topological polar surface area (TPSA) is 68.3 Å². The number of nitrogens with zero attached hydrogens (tertiary/aromatic N) is 2. The van der Waals surface area contributed by atoms with E-state index in [1.165, 1.54) is 4.90 Å². The molecule has 0 spiro atoms. The van der Waals surface area contributed by atoms with Crippen LogP contribution in [0, 0.1) is 5.92 Å². The molecule has 0 radical (unpaired) electrons. The molecular weight excluding hydrogens is 444 g/mol. The lowest BCUT2D eigenvalue weighted by atomic mass is 9.90. The van der Waals surface area contributed by atoms with Crippen LogP contribution in [-0.4, -0.2) is 31.1 Å².